The summed E-state index contributed by atoms with van der Waals surface area (Å²) in [7, 11) is 1.55. The van der Waals surface area contributed by atoms with Gasteiger partial charge in [0.15, 0.2) is 0 Å². The van der Waals surface area contributed by atoms with Crippen molar-refractivity contribution in [1.29, 1.82) is 0 Å². The highest BCUT2D eigenvalue weighted by atomic mass is 35.5. The lowest BCUT2D eigenvalue weighted by atomic mass is 10.0. The fourth-order valence-corrected chi connectivity index (χ4v) is 3.33. The summed E-state index contributed by atoms with van der Waals surface area (Å²) in [6.07, 6.45) is 2.59. The minimum atomic E-state index is -0.606. The van der Waals surface area contributed by atoms with Crippen LogP contribution in [0.15, 0.2) is 48.7 Å². The van der Waals surface area contributed by atoms with Gasteiger partial charge in [-0.1, -0.05) is 37.6 Å². The third kappa shape index (κ3) is 4.04. The van der Waals surface area contributed by atoms with Crippen LogP contribution in [-0.2, 0) is 4.79 Å². The van der Waals surface area contributed by atoms with Gasteiger partial charge in [-0.3, -0.25) is 9.59 Å². The van der Waals surface area contributed by atoms with Gasteiger partial charge in [-0.2, -0.15) is 0 Å². The number of Topliss-reactive ketones (excluding diaryl/α,β-unsaturated/α-hetero) is 1. The summed E-state index contributed by atoms with van der Waals surface area (Å²) >= 11 is 6.27. The molecule has 0 saturated heterocycles. The fourth-order valence-electron chi connectivity index (χ4n) is 3.07. The summed E-state index contributed by atoms with van der Waals surface area (Å²) in [6.45, 7) is 4.61. The van der Waals surface area contributed by atoms with E-state index in [9.17, 15) is 9.59 Å². The summed E-state index contributed by atoms with van der Waals surface area (Å²) < 4.78 is 6.94. The molecule has 3 aromatic rings. The molecule has 6 heteroatoms. The van der Waals surface area contributed by atoms with E-state index >= 15 is 0 Å². The van der Waals surface area contributed by atoms with Gasteiger partial charge < -0.3 is 14.5 Å². The standard InChI is InChI=1S/C22H23ClN2O3/c1-14(2)9-10-24-22(27)21(26)20-17(13-16-6-4-5-11-25(16)20)15-7-8-19(28-3)18(23)12-15/h4-8,11-14H,9-10H2,1-3H3,(H,24,27). The number of rotatable bonds is 7. The van der Waals surface area contributed by atoms with Crippen molar-refractivity contribution < 1.29 is 14.3 Å². The number of carbonyl (C=O) groups is 2. The predicted molar refractivity (Wildman–Crippen MR) is 111 cm³/mol. The van der Waals surface area contributed by atoms with Gasteiger partial charge in [-0.05, 0) is 48.2 Å². The van der Waals surface area contributed by atoms with E-state index in [1.54, 1.807) is 29.8 Å². The van der Waals surface area contributed by atoms with Crippen LogP contribution in [0.5, 0.6) is 5.75 Å². The van der Waals surface area contributed by atoms with Crippen LogP contribution in [0.3, 0.4) is 0 Å². The molecule has 2 heterocycles. The SMILES string of the molecule is COc1ccc(-c2cc3ccccn3c2C(=O)C(=O)NCCC(C)C)cc1Cl. The van der Waals surface area contributed by atoms with Gasteiger partial charge in [0, 0.05) is 23.8 Å². The number of aromatic nitrogens is 1. The van der Waals surface area contributed by atoms with Crippen LogP contribution in [0.1, 0.15) is 30.8 Å². The number of carbonyl (C=O) groups excluding carboxylic acids is 2. The predicted octanol–water partition coefficient (Wildman–Crippen LogP) is 4.61. The molecule has 0 saturated carbocycles. The molecule has 0 aliphatic rings. The zero-order valence-corrected chi connectivity index (χ0v) is 16.9. The van der Waals surface area contributed by atoms with Crippen LogP contribution in [0.4, 0.5) is 0 Å². The van der Waals surface area contributed by atoms with Gasteiger partial charge in [0.25, 0.3) is 11.7 Å². The molecule has 5 nitrogen and oxygen atoms in total. The summed E-state index contributed by atoms with van der Waals surface area (Å²) in [5, 5.41) is 3.17. The van der Waals surface area contributed by atoms with Crippen molar-refractivity contribution in [2.24, 2.45) is 5.92 Å². The number of benzene rings is 1. The van der Waals surface area contributed by atoms with Crippen molar-refractivity contribution in [2.75, 3.05) is 13.7 Å². The topological polar surface area (TPSA) is 59.8 Å². The first kappa shape index (κ1) is 20.0. The molecular formula is C22H23ClN2O3. The van der Waals surface area contributed by atoms with E-state index in [-0.39, 0.29) is 0 Å². The monoisotopic (exact) mass is 398 g/mol. The summed E-state index contributed by atoms with van der Waals surface area (Å²) in [5.74, 6) is -0.183. The molecule has 0 bridgehead atoms. The lowest BCUT2D eigenvalue weighted by Gasteiger charge is -2.10. The maximum Gasteiger partial charge on any atom is 0.294 e. The molecule has 2 aromatic heterocycles. The third-order valence-electron chi connectivity index (χ3n) is 4.57. The van der Waals surface area contributed by atoms with E-state index in [1.165, 1.54) is 0 Å². The maximum absolute atomic E-state index is 13.0. The Kier molecular flexibility index (Phi) is 6.05. The minimum absolute atomic E-state index is 0.318. The fraction of sp³-hybridized carbons (Fsp3) is 0.273. The Bertz CT molecular complexity index is 1020. The molecule has 0 atom stereocenters. The number of fused-ring (bicyclic) bond motifs is 1. The number of methoxy groups -OCH3 is 1. The van der Waals surface area contributed by atoms with Crippen LogP contribution >= 0.6 is 11.6 Å². The van der Waals surface area contributed by atoms with Crippen molar-refractivity contribution in [3.05, 3.63) is 59.4 Å². The van der Waals surface area contributed by atoms with Gasteiger partial charge in [0.05, 0.1) is 12.1 Å². The Morgan fingerprint density at radius 3 is 2.64 bits per heavy atom. The van der Waals surface area contributed by atoms with Crippen molar-refractivity contribution in [3.63, 3.8) is 0 Å². The first-order valence-electron chi connectivity index (χ1n) is 9.19. The molecule has 1 amide bonds. The number of ketones is 1. The number of nitrogens with one attached hydrogen (secondary N) is 1. The number of hydrogen-bond acceptors (Lipinski definition) is 3. The van der Waals surface area contributed by atoms with E-state index in [0.29, 0.717) is 34.5 Å². The number of amides is 1. The van der Waals surface area contributed by atoms with E-state index in [1.807, 2.05) is 30.3 Å². The van der Waals surface area contributed by atoms with Crippen LogP contribution in [-0.4, -0.2) is 29.7 Å². The highest BCUT2D eigenvalue weighted by molar-refractivity contribution is 6.43. The van der Waals surface area contributed by atoms with Gasteiger partial charge in [-0.25, -0.2) is 0 Å². The van der Waals surface area contributed by atoms with Gasteiger partial charge >= 0.3 is 0 Å². The molecule has 0 aliphatic carbocycles. The summed E-state index contributed by atoms with van der Waals surface area (Å²) in [6, 6.07) is 12.8. The second-order valence-corrected chi connectivity index (χ2v) is 7.43. The molecule has 0 unspecified atom stereocenters. The van der Waals surface area contributed by atoms with Gasteiger partial charge in [0.1, 0.15) is 11.4 Å². The highest BCUT2D eigenvalue weighted by Gasteiger charge is 2.24. The molecular weight excluding hydrogens is 376 g/mol. The number of ether oxygens (including phenoxy) is 1. The Morgan fingerprint density at radius 1 is 1.18 bits per heavy atom. The minimum Gasteiger partial charge on any atom is -0.495 e. The molecule has 28 heavy (non-hydrogen) atoms. The second kappa shape index (κ2) is 8.48. The zero-order chi connectivity index (χ0) is 20.3. The number of nitrogens with zero attached hydrogens (tertiary/aromatic N) is 1. The Balaban J connectivity index is 2.03. The molecule has 1 aromatic carbocycles. The van der Waals surface area contributed by atoms with Gasteiger partial charge in [-0.15, -0.1) is 0 Å². The highest BCUT2D eigenvalue weighted by Crippen LogP contribution is 2.33. The van der Waals surface area contributed by atoms with Crippen LogP contribution in [0.25, 0.3) is 16.6 Å². The Labute approximate surface area is 169 Å². The largest absolute Gasteiger partial charge is 0.495 e. The first-order chi connectivity index (χ1) is 13.4. The lowest BCUT2D eigenvalue weighted by molar-refractivity contribution is -0.117. The first-order valence-corrected chi connectivity index (χ1v) is 9.56. The number of halogens is 1. The van der Waals surface area contributed by atoms with Crippen molar-refractivity contribution >= 4 is 28.8 Å². The smallest absolute Gasteiger partial charge is 0.294 e. The number of pyridine rings is 1. The molecule has 0 aliphatic heterocycles. The molecule has 0 radical (unpaired) electrons. The summed E-state index contributed by atoms with van der Waals surface area (Å²) in [5.41, 5.74) is 2.54. The Morgan fingerprint density at radius 2 is 1.96 bits per heavy atom. The van der Waals surface area contributed by atoms with Crippen molar-refractivity contribution in [1.82, 2.24) is 9.72 Å². The maximum atomic E-state index is 13.0. The van der Waals surface area contributed by atoms with Crippen LogP contribution < -0.4 is 10.1 Å². The average Bonchev–Trinajstić information content (AvgIpc) is 3.06. The zero-order valence-electron chi connectivity index (χ0n) is 16.2. The molecule has 3 rings (SSSR count). The molecule has 1 N–H and O–H groups in total. The van der Waals surface area contributed by atoms with E-state index < -0.39 is 11.7 Å². The van der Waals surface area contributed by atoms with Crippen molar-refractivity contribution in [2.45, 2.75) is 20.3 Å². The normalized spacial score (nSPS) is 11.0. The van der Waals surface area contributed by atoms with Crippen LogP contribution in [0, 0.1) is 5.92 Å². The van der Waals surface area contributed by atoms with E-state index in [2.05, 4.69) is 19.2 Å². The van der Waals surface area contributed by atoms with Gasteiger partial charge in [0.2, 0.25) is 0 Å². The van der Waals surface area contributed by atoms with E-state index in [4.69, 9.17) is 16.3 Å². The quantitative estimate of drug-likeness (QED) is 0.467. The van der Waals surface area contributed by atoms with E-state index in [0.717, 1.165) is 17.5 Å². The second-order valence-electron chi connectivity index (χ2n) is 7.02. The van der Waals surface area contributed by atoms with Crippen molar-refractivity contribution in [3.8, 4) is 16.9 Å². The molecule has 0 fully saturated rings. The third-order valence-corrected chi connectivity index (χ3v) is 4.87. The lowest BCUT2D eigenvalue weighted by Crippen LogP contribution is -2.33. The van der Waals surface area contributed by atoms with Crippen LogP contribution in [0.2, 0.25) is 5.02 Å². The Hall–Kier alpha value is -2.79. The molecule has 0 spiro atoms. The molecule has 146 valence electrons. The summed E-state index contributed by atoms with van der Waals surface area (Å²) in [4.78, 5) is 25.5. The number of hydrogen-bond donors (Lipinski definition) is 1. The average molecular weight is 399 g/mol.